The molecule has 1 unspecified atom stereocenters. The van der Waals surface area contributed by atoms with Crippen molar-refractivity contribution >= 4 is 5.78 Å². The number of hydrogen-bond acceptors (Lipinski definition) is 14. The van der Waals surface area contributed by atoms with Gasteiger partial charge in [0.05, 0.1) is 37.1 Å². The van der Waals surface area contributed by atoms with Crippen LogP contribution in [0.5, 0.6) is 11.5 Å². The minimum Gasteiger partial charge on any atom is -0.507 e. The average Bonchev–Trinajstić information content (AvgIpc) is 2.96. The summed E-state index contributed by atoms with van der Waals surface area (Å²) in [6.45, 7) is -1.94. The Kier molecular flexibility index (Phi) is 8.35. The quantitative estimate of drug-likeness (QED) is 0.160. The van der Waals surface area contributed by atoms with Crippen LogP contribution in [0.4, 0.5) is 0 Å². The maximum Gasteiger partial charge on any atom is 0.229 e. The van der Waals surface area contributed by atoms with Crippen LogP contribution < -0.4 is 4.74 Å². The van der Waals surface area contributed by atoms with Gasteiger partial charge in [0.1, 0.15) is 60.3 Å². The number of hydrogen-bond donors (Lipinski definition) is 10. The molecule has 0 bridgehead atoms. The molecule has 2 heterocycles. The Labute approximate surface area is 232 Å². The summed E-state index contributed by atoms with van der Waals surface area (Å²) < 4.78 is 17.1. The summed E-state index contributed by atoms with van der Waals surface area (Å²) in [6, 6.07) is 6.89. The Morgan fingerprint density at radius 2 is 1.37 bits per heavy atom. The second kappa shape index (κ2) is 11.5. The summed E-state index contributed by atoms with van der Waals surface area (Å²) in [4.78, 5) is 13.9. The summed E-state index contributed by atoms with van der Waals surface area (Å²) in [5, 5.41) is 103. The predicted molar refractivity (Wildman–Crippen MR) is 134 cm³/mol. The minimum atomic E-state index is -1.80. The van der Waals surface area contributed by atoms with Gasteiger partial charge < -0.3 is 65.3 Å². The number of carbonyl (C=O) groups excluding carboxylic acids is 1. The first-order valence-electron chi connectivity index (χ1n) is 13.0. The van der Waals surface area contributed by atoms with Crippen LogP contribution in [0.3, 0.4) is 0 Å². The number of aromatic hydroxyl groups is 1. The lowest BCUT2D eigenvalue weighted by Crippen LogP contribution is -2.60. The summed E-state index contributed by atoms with van der Waals surface area (Å²) in [5.74, 6) is -2.58. The number of aliphatic hydroxyl groups is 9. The molecule has 41 heavy (non-hydrogen) atoms. The van der Waals surface area contributed by atoms with Crippen LogP contribution in [0.15, 0.2) is 30.3 Å². The molecule has 0 amide bonds. The Bertz CT molecular complexity index is 1280. The molecule has 2 aromatic rings. The van der Waals surface area contributed by atoms with Gasteiger partial charge in [-0.2, -0.15) is 0 Å². The van der Waals surface area contributed by atoms with E-state index in [2.05, 4.69) is 0 Å². The van der Waals surface area contributed by atoms with Crippen molar-refractivity contribution in [2.45, 2.75) is 73.8 Å². The van der Waals surface area contributed by atoms with Crippen molar-refractivity contribution in [1.29, 1.82) is 0 Å². The molecule has 2 aliphatic heterocycles. The fourth-order valence-corrected chi connectivity index (χ4v) is 5.78. The molecule has 10 N–H and O–H groups in total. The third kappa shape index (κ3) is 4.90. The first-order valence-corrected chi connectivity index (χ1v) is 13.0. The van der Waals surface area contributed by atoms with Crippen molar-refractivity contribution in [3.63, 3.8) is 0 Å². The van der Waals surface area contributed by atoms with Gasteiger partial charge in [-0.1, -0.05) is 18.2 Å². The molecule has 0 spiro atoms. The van der Waals surface area contributed by atoms with E-state index in [9.17, 15) is 55.9 Å². The molecule has 2 saturated heterocycles. The summed E-state index contributed by atoms with van der Waals surface area (Å²) >= 11 is 0. The number of aliphatic hydroxyl groups excluding tert-OH is 9. The summed E-state index contributed by atoms with van der Waals surface area (Å²) in [5.41, 5.74) is 0.123. The molecule has 0 saturated carbocycles. The molecule has 14 nitrogen and oxygen atoms in total. The maximum atomic E-state index is 13.9. The number of carbonyl (C=O) groups is 1. The van der Waals surface area contributed by atoms with Crippen LogP contribution >= 0.6 is 0 Å². The standard InChI is InChI=1S/C27H32O14/c28-6-9-4-11-16(26-24(37)22(35)19(32)14(7-29)39-26)10-2-1-3-13(18(10)21(34)17(11)12(31)5-9)40-27-25(38)23(36)20(33)15(8-30)41-27/h1-5,14-16,19-20,22-33,35-38H,6-8H2/t14-,15-,16+,19-,20-,22+,23+,24-,25-,26?,27-/m1/s1. The summed E-state index contributed by atoms with van der Waals surface area (Å²) in [6.07, 6.45) is -16.0. The maximum absolute atomic E-state index is 13.9. The molecule has 11 atom stereocenters. The lowest BCUT2D eigenvalue weighted by molar-refractivity contribution is -0.277. The van der Waals surface area contributed by atoms with Crippen LogP contribution in [0.2, 0.25) is 0 Å². The highest BCUT2D eigenvalue weighted by Gasteiger charge is 2.51. The van der Waals surface area contributed by atoms with Crippen molar-refractivity contribution in [1.82, 2.24) is 0 Å². The zero-order valence-electron chi connectivity index (χ0n) is 21.5. The Morgan fingerprint density at radius 3 is 2.00 bits per heavy atom. The van der Waals surface area contributed by atoms with Crippen molar-refractivity contribution < 1.29 is 70.1 Å². The molecule has 2 aromatic carbocycles. The van der Waals surface area contributed by atoms with Crippen molar-refractivity contribution in [2.75, 3.05) is 13.2 Å². The zero-order chi connectivity index (χ0) is 29.7. The molecule has 0 radical (unpaired) electrons. The topological polar surface area (TPSA) is 247 Å². The van der Waals surface area contributed by atoms with Gasteiger partial charge in [0.2, 0.25) is 12.1 Å². The Balaban J connectivity index is 1.65. The van der Waals surface area contributed by atoms with Gasteiger partial charge in [-0.25, -0.2) is 0 Å². The van der Waals surface area contributed by atoms with E-state index < -0.39 is 98.5 Å². The molecular weight excluding hydrogens is 548 g/mol. The van der Waals surface area contributed by atoms with Gasteiger partial charge in [-0.05, 0) is 28.8 Å². The van der Waals surface area contributed by atoms with E-state index in [0.29, 0.717) is 0 Å². The van der Waals surface area contributed by atoms with E-state index in [1.54, 1.807) is 0 Å². The Hall–Kier alpha value is -2.73. The lowest BCUT2D eigenvalue weighted by Gasteiger charge is -2.45. The molecule has 5 rings (SSSR count). The molecule has 14 heteroatoms. The highest BCUT2D eigenvalue weighted by Crippen LogP contribution is 2.48. The molecule has 3 aliphatic rings. The molecule has 1 aliphatic carbocycles. The van der Waals surface area contributed by atoms with E-state index in [1.165, 1.54) is 30.3 Å². The first-order chi connectivity index (χ1) is 19.5. The number of ether oxygens (including phenoxy) is 3. The molecule has 224 valence electrons. The van der Waals surface area contributed by atoms with E-state index in [1.807, 2.05) is 0 Å². The first kappa shape index (κ1) is 29.8. The predicted octanol–water partition coefficient (Wildman–Crippen LogP) is -3.42. The van der Waals surface area contributed by atoms with Crippen LogP contribution in [0, 0.1) is 0 Å². The number of phenolic OH excluding ortho intramolecular Hbond substituents is 1. The normalized spacial score (nSPS) is 36.9. The van der Waals surface area contributed by atoms with Crippen molar-refractivity contribution in [3.8, 4) is 11.5 Å². The van der Waals surface area contributed by atoms with Crippen LogP contribution in [-0.2, 0) is 16.1 Å². The second-order valence-corrected chi connectivity index (χ2v) is 10.4. The zero-order valence-corrected chi connectivity index (χ0v) is 21.5. The highest BCUT2D eigenvalue weighted by molar-refractivity contribution is 6.16. The highest BCUT2D eigenvalue weighted by atomic mass is 16.7. The van der Waals surface area contributed by atoms with Gasteiger partial charge in [0.25, 0.3) is 0 Å². The second-order valence-electron chi connectivity index (χ2n) is 10.4. The molecule has 0 aromatic heterocycles. The third-order valence-electron chi connectivity index (χ3n) is 7.92. The summed E-state index contributed by atoms with van der Waals surface area (Å²) in [7, 11) is 0. The van der Waals surface area contributed by atoms with Crippen molar-refractivity contribution in [3.05, 3.63) is 58.1 Å². The largest absolute Gasteiger partial charge is 0.507 e. The van der Waals surface area contributed by atoms with E-state index in [0.717, 1.165) is 0 Å². The molecular formula is C27H32O14. The molecule has 2 fully saturated rings. The third-order valence-corrected chi connectivity index (χ3v) is 7.92. The number of fused-ring (bicyclic) bond motifs is 2. The van der Waals surface area contributed by atoms with Crippen LogP contribution in [0.25, 0.3) is 0 Å². The van der Waals surface area contributed by atoms with E-state index in [4.69, 9.17) is 14.2 Å². The van der Waals surface area contributed by atoms with Gasteiger partial charge in [-0.3, -0.25) is 4.79 Å². The average molecular weight is 581 g/mol. The van der Waals surface area contributed by atoms with Gasteiger partial charge in [-0.15, -0.1) is 0 Å². The van der Waals surface area contributed by atoms with Gasteiger partial charge in [0, 0.05) is 5.92 Å². The SMILES string of the molecule is O=C1c2c(O)cc(CO)cc2[C@@H](C2O[C@H](CO)[C@@H](O)[C@H](O)[C@H]2O)c2cccc(O[C@@H]3O[C@H](CO)[C@@H](O)[C@H](O)[C@H]3O)c21. The fourth-order valence-electron chi connectivity index (χ4n) is 5.78. The van der Waals surface area contributed by atoms with Crippen LogP contribution in [0.1, 0.15) is 38.5 Å². The lowest BCUT2D eigenvalue weighted by atomic mass is 9.71. The number of rotatable bonds is 6. The monoisotopic (exact) mass is 580 g/mol. The van der Waals surface area contributed by atoms with Gasteiger partial charge in [0.15, 0.2) is 0 Å². The van der Waals surface area contributed by atoms with E-state index >= 15 is 0 Å². The van der Waals surface area contributed by atoms with Crippen molar-refractivity contribution in [2.24, 2.45) is 0 Å². The Morgan fingerprint density at radius 1 is 0.732 bits per heavy atom. The van der Waals surface area contributed by atoms with Gasteiger partial charge >= 0.3 is 0 Å². The van der Waals surface area contributed by atoms with Crippen LogP contribution in [-0.4, -0.2) is 131 Å². The number of benzene rings is 2. The fraction of sp³-hybridized carbons (Fsp3) is 0.519. The number of ketones is 1. The smallest absolute Gasteiger partial charge is 0.229 e. The van der Waals surface area contributed by atoms with E-state index in [-0.39, 0.29) is 33.6 Å². The number of phenols is 1. The minimum absolute atomic E-state index is 0.126.